The van der Waals surface area contributed by atoms with E-state index in [2.05, 4.69) is 5.32 Å². The Morgan fingerprint density at radius 1 is 1.19 bits per heavy atom. The molecule has 0 saturated heterocycles. The van der Waals surface area contributed by atoms with Crippen molar-refractivity contribution in [2.24, 2.45) is 11.8 Å². The summed E-state index contributed by atoms with van der Waals surface area (Å²) < 4.78 is 15.8. The summed E-state index contributed by atoms with van der Waals surface area (Å²) in [6.45, 7) is 7.20. The predicted molar refractivity (Wildman–Crippen MR) is 114 cm³/mol. The molecule has 3 atom stereocenters. The van der Waals surface area contributed by atoms with Gasteiger partial charge in [0, 0.05) is 22.9 Å². The lowest BCUT2D eigenvalue weighted by atomic mass is 9.69. The average Bonchev–Trinajstić information content (AvgIpc) is 2.71. The fraction of sp³-hybridized carbons (Fsp3) is 0.458. The number of rotatable bonds is 5. The number of ether oxygens (including phenoxy) is 3. The van der Waals surface area contributed by atoms with Crippen LogP contribution in [0.3, 0.4) is 0 Å². The molecule has 31 heavy (non-hydrogen) atoms. The minimum absolute atomic E-state index is 0.228. The van der Waals surface area contributed by atoms with E-state index in [9.17, 15) is 14.4 Å². The van der Waals surface area contributed by atoms with Gasteiger partial charge in [-0.05, 0) is 50.8 Å². The van der Waals surface area contributed by atoms with Crippen LogP contribution in [-0.2, 0) is 23.9 Å². The first-order valence-corrected chi connectivity index (χ1v) is 10.4. The Morgan fingerprint density at radius 2 is 1.90 bits per heavy atom. The highest BCUT2D eigenvalue weighted by Crippen LogP contribution is 2.46. The van der Waals surface area contributed by atoms with Crippen molar-refractivity contribution < 1.29 is 28.6 Å². The number of hydrogen-bond acceptors (Lipinski definition) is 7. The van der Waals surface area contributed by atoms with Gasteiger partial charge in [0.1, 0.15) is 11.7 Å². The summed E-state index contributed by atoms with van der Waals surface area (Å²) in [5.74, 6) is -2.61. The van der Waals surface area contributed by atoms with Gasteiger partial charge in [-0.1, -0.05) is 19.1 Å². The number of carbonyl (C=O) groups excluding carboxylic acids is 3. The molecule has 2 aliphatic rings. The molecule has 1 N–H and O–H groups in total. The molecule has 1 aliphatic heterocycles. The Labute approximate surface area is 182 Å². The summed E-state index contributed by atoms with van der Waals surface area (Å²) in [6, 6.07) is 7.25. The number of nitrogens with one attached hydrogen (secondary N) is 1. The number of allylic oxidation sites excluding steroid dienone is 3. The van der Waals surface area contributed by atoms with Crippen LogP contribution in [0.4, 0.5) is 0 Å². The maximum Gasteiger partial charge on any atom is 0.337 e. The van der Waals surface area contributed by atoms with Crippen LogP contribution in [0.5, 0.6) is 5.75 Å². The highest BCUT2D eigenvalue weighted by atomic mass is 16.5. The third-order valence-corrected chi connectivity index (χ3v) is 5.73. The van der Waals surface area contributed by atoms with Crippen LogP contribution < -0.4 is 10.1 Å². The summed E-state index contributed by atoms with van der Waals surface area (Å²) in [5.41, 5.74) is 2.84. The Bertz CT molecular complexity index is 974. The zero-order valence-electron chi connectivity index (χ0n) is 18.8. The zero-order valence-corrected chi connectivity index (χ0v) is 18.8. The number of dihydropyridines is 1. The van der Waals surface area contributed by atoms with E-state index in [1.165, 1.54) is 7.11 Å². The molecule has 1 aromatic rings. The Kier molecular flexibility index (Phi) is 6.53. The highest BCUT2D eigenvalue weighted by molar-refractivity contribution is 6.12. The molecule has 166 valence electrons. The van der Waals surface area contributed by atoms with Gasteiger partial charge >= 0.3 is 11.9 Å². The van der Waals surface area contributed by atoms with E-state index in [-0.39, 0.29) is 17.8 Å². The quantitative estimate of drug-likeness (QED) is 0.570. The number of esters is 2. The summed E-state index contributed by atoms with van der Waals surface area (Å²) in [5, 5.41) is 3.24. The van der Waals surface area contributed by atoms with Gasteiger partial charge in [-0.3, -0.25) is 9.59 Å². The number of ketones is 1. The van der Waals surface area contributed by atoms with Crippen molar-refractivity contribution in [2.75, 3.05) is 14.2 Å². The highest BCUT2D eigenvalue weighted by Gasteiger charge is 2.47. The van der Waals surface area contributed by atoms with E-state index >= 15 is 0 Å². The molecular formula is C24H29NO6. The van der Waals surface area contributed by atoms with Crippen molar-refractivity contribution in [1.29, 1.82) is 0 Å². The number of benzene rings is 1. The lowest BCUT2D eigenvalue weighted by Gasteiger charge is -2.38. The SMILES string of the molecule is COC(=O)[C@H]1C(=O)C2=C(C[C@@H]1C)NC(C)=C(C(=O)OC(C)C)[C@H]2c1cccc(OC)c1. The number of methoxy groups -OCH3 is 2. The topological polar surface area (TPSA) is 90.9 Å². The molecule has 7 nitrogen and oxygen atoms in total. The molecular weight excluding hydrogens is 398 g/mol. The van der Waals surface area contributed by atoms with Crippen LogP contribution in [0.2, 0.25) is 0 Å². The van der Waals surface area contributed by atoms with E-state index in [4.69, 9.17) is 14.2 Å². The van der Waals surface area contributed by atoms with E-state index in [0.717, 1.165) is 11.3 Å². The van der Waals surface area contributed by atoms with Crippen LogP contribution >= 0.6 is 0 Å². The van der Waals surface area contributed by atoms with Gasteiger partial charge in [0.15, 0.2) is 5.78 Å². The first-order valence-electron chi connectivity index (χ1n) is 10.4. The second-order valence-electron chi connectivity index (χ2n) is 8.27. The first-order chi connectivity index (χ1) is 14.7. The van der Waals surface area contributed by atoms with Crippen LogP contribution in [0, 0.1) is 11.8 Å². The standard InChI is InChI=1S/C24H29NO6/c1-12(2)31-24(28)19-14(4)25-17-10-13(3)18(23(27)30-6)22(26)21(17)20(19)15-8-7-9-16(11-15)29-5/h7-9,11-13,18,20,25H,10H2,1-6H3/t13-,18+,20+/m0/s1. The molecule has 0 saturated carbocycles. The van der Waals surface area contributed by atoms with E-state index in [0.29, 0.717) is 29.0 Å². The molecule has 1 aromatic carbocycles. The Balaban J connectivity index is 2.20. The zero-order chi connectivity index (χ0) is 22.9. The number of carbonyl (C=O) groups is 3. The maximum atomic E-state index is 13.6. The second kappa shape index (κ2) is 8.96. The van der Waals surface area contributed by atoms with Gasteiger partial charge in [-0.25, -0.2) is 4.79 Å². The Hall–Kier alpha value is -3.09. The van der Waals surface area contributed by atoms with E-state index in [1.807, 2.05) is 19.1 Å². The summed E-state index contributed by atoms with van der Waals surface area (Å²) in [4.78, 5) is 39.1. The van der Waals surface area contributed by atoms with Gasteiger partial charge in [0.2, 0.25) is 0 Å². The van der Waals surface area contributed by atoms with Crippen molar-refractivity contribution in [3.05, 3.63) is 52.4 Å². The van der Waals surface area contributed by atoms with Crippen molar-refractivity contribution >= 4 is 17.7 Å². The molecule has 3 rings (SSSR count). The monoisotopic (exact) mass is 427 g/mol. The lowest BCUT2D eigenvalue weighted by molar-refractivity contribution is -0.151. The van der Waals surface area contributed by atoms with Gasteiger partial charge in [0.25, 0.3) is 0 Å². The second-order valence-corrected chi connectivity index (χ2v) is 8.27. The van der Waals surface area contributed by atoms with Gasteiger partial charge in [-0.2, -0.15) is 0 Å². The van der Waals surface area contributed by atoms with Gasteiger partial charge in [0.05, 0.1) is 25.9 Å². The number of hydrogen-bond donors (Lipinski definition) is 1. The van der Waals surface area contributed by atoms with E-state index in [1.54, 1.807) is 40.0 Å². The molecule has 0 aromatic heterocycles. The summed E-state index contributed by atoms with van der Waals surface area (Å²) in [7, 11) is 2.84. The molecule has 0 unspecified atom stereocenters. The largest absolute Gasteiger partial charge is 0.497 e. The fourth-order valence-corrected chi connectivity index (χ4v) is 4.38. The van der Waals surface area contributed by atoms with Crippen LogP contribution in [0.15, 0.2) is 46.8 Å². The molecule has 0 spiro atoms. The minimum Gasteiger partial charge on any atom is -0.497 e. The van der Waals surface area contributed by atoms with Crippen molar-refractivity contribution in [2.45, 2.75) is 46.1 Å². The molecule has 1 heterocycles. The van der Waals surface area contributed by atoms with E-state index < -0.39 is 23.8 Å². The maximum absolute atomic E-state index is 13.6. The van der Waals surface area contributed by atoms with Crippen molar-refractivity contribution in [3.8, 4) is 5.75 Å². The minimum atomic E-state index is -0.917. The molecule has 0 bridgehead atoms. The number of Topliss-reactive ketones (excluding diaryl/α,β-unsaturated/α-hetero) is 1. The van der Waals surface area contributed by atoms with Gasteiger partial charge in [-0.15, -0.1) is 0 Å². The van der Waals surface area contributed by atoms with Crippen LogP contribution in [-0.4, -0.2) is 38.0 Å². The van der Waals surface area contributed by atoms with Gasteiger partial charge < -0.3 is 19.5 Å². The normalized spacial score (nSPS) is 23.3. The molecule has 0 radical (unpaired) electrons. The average molecular weight is 427 g/mol. The molecule has 7 heteroatoms. The smallest absolute Gasteiger partial charge is 0.337 e. The van der Waals surface area contributed by atoms with Crippen LogP contribution in [0.1, 0.15) is 45.6 Å². The summed E-state index contributed by atoms with van der Waals surface area (Å²) >= 11 is 0. The van der Waals surface area contributed by atoms with Crippen molar-refractivity contribution in [3.63, 3.8) is 0 Å². The molecule has 0 amide bonds. The Morgan fingerprint density at radius 3 is 2.52 bits per heavy atom. The third kappa shape index (κ3) is 4.22. The molecule has 1 aliphatic carbocycles. The predicted octanol–water partition coefficient (Wildman–Crippen LogP) is 3.26. The summed E-state index contributed by atoms with van der Waals surface area (Å²) in [6.07, 6.45) is 0.171. The van der Waals surface area contributed by atoms with Crippen molar-refractivity contribution in [1.82, 2.24) is 5.32 Å². The molecule has 0 fully saturated rings. The first kappa shape index (κ1) is 22.6. The fourth-order valence-electron chi connectivity index (χ4n) is 4.38. The lowest BCUT2D eigenvalue weighted by Crippen LogP contribution is -2.43. The third-order valence-electron chi connectivity index (χ3n) is 5.73. The van der Waals surface area contributed by atoms with Crippen LogP contribution in [0.25, 0.3) is 0 Å².